The van der Waals surface area contributed by atoms with Crippen LogP contribution >= 0.6 is 15.9 Å². The highest BCUT2D eigenvalue weighted by Crippen LogP contribution is 2.30. The molecule has 3 N–H and O–H groups in total. The SMILES string of the molecule is Nc1cc(F)c(Br)cc1N(CCO)Cc1ccccc1. The first kappa shape index (κ1) is 14.8. The predicted octanol–water partition coefficient (Wildman–Crippen LogP) is 3.17. The summed E-state index contributed by atoms with van der Waals surface area (Å²) in [7, 11) is 0. The number of aliphatic hydroxyl groups is 1. The lowest BCUT2D eigenvalue weighted by atomic mass is 10.2. The zero-order valence-corrected chi connectivity index (χ0v) is 12.5. The average molecular weight is 339 g/mol. The Kier molecular flexibility index (Phi) is 4.98. The fourth-order valence-electron chi connectivity index (χ4n) is 2.03. The Morgan fingerprint density at radius 1 is 1.20 bits per heavy atom. The van der Waals surface area contributed by atoms with E-state index in [1.54, 1.807) is 6.07 Å². The summed E-state index contributed by atoms with van der Waals surface area (Å²) in [6.45, 7) is 1.03. The highest BCUT2D eigenvalue weighted by molar-refractivity contribution is 9.10. The quantitative estimate of drug-likeness (QED) is 0.823. The summed E-state index contributed by atoms with van der Waals surface area (Å²) >= 11 is 3.17. The highest BCUT2D eigenvalue weighted by Gasteiger charge is 2.13. The smallest absolute Gasteiger partial charge is 0.139 e. The highest BCUT2D eigenvalue weighted by atomic mass is 79.9. The Labute approximate surface area is 126 Å². The summed E-state index contributed by atoms with van der Waals surface area (Å²) in [6.07, 6.45) is 0. The molecule has 0 aliphatic rings. The maximum Gasteiger partial charge on any atom is 0.139 e. The maximum absolute atomic E-state index is 13.4. The van der Waals surface area contributed by atoms with Crippen LogP contribution in [-0.4, -0.2) is 18.3 Å². The number of nitrogen functional groups attached to an aromatic ring is 1. The fourth-order valence-corrected chi connectivity index (χ4v) is 2.37. The van der Waals surface area contributed by atoms with E-state index < -0.39 is 5.82 Å². The van der Waals surface area contributed by atoms with Crippen molar-refractivity contribution in [3.05, 3.63) is 58.3 Å². The van der Waals surface area contributed by atoms with Crippen LogP contribution in [0, 0.1) is 5.82 Å². The molecule has 0 radical (unpaired) electrons. The monoisotopic (exact) mass is 338 g/mol. The molecule has 2 rings (SSSR count). The Balaban J connectivity index is 2.31. The second kappa shape index (κ2) is 6.72. The Bertz CT molecular complexity index is 578. The zero-order valence-electron chi connectivity index (χ0n) is 10.9. The van der Waals surface area contributed by atoms with E-state index in [1.165, 1.54) is 6.07 Å². The molecule has 2 aromatic rings. The summed E-state index contributed by atoms with van der Waals surface area (Å²) in [5, 5.41) is 9.22. The lowest BCUT2D eigenvalue weighted by Crippen LogP contribution is -2.27. The van der Waals surface area contributed by atoms with Crippen molar-refractivity contribution in [1.82, 2.24) is 0 Å². The van der Waals surface area contributed by atoms with Crippen molar-refractivity contribution in [3.63, 3.8) is 0 Å². The molecule has 0 fully saturated rings. The van der Waals surface area contributed by atoms with Crippen LogP contribution in [0.5, 0.6) is 0 Å². The van der Waals surface area contributed by atoms with Gasteiger partial charge in [0.25, 0.3) is 0 Å². The molecule has 0 bridgehead atoms. The summed E-state index contributed by atoms with van der Waals surface area (Å²) in [6, 6.07) is 12.8. The molecular formula is C15H16BrFN2O. The van der Waals surface area contributed by atoms with E-state index in [1.807, 2.05) is 35.2 Å². The second-order valence-electron chi connectivity index (χ2n) is 4.46. The average Bonchev–Trinajstić information content (AvgIpc) is 2.44. The van der Waals surface area contributed by atoms with Gasteiger partial charge in [0.2, 0.25) is 0 Å². The van der Waals surface area contributed by atoms with Gasteiger partial charge in [-0.1, -0.05) is 30.3 Å². The normalized spacial score (nSPS) is 10.6. The third-order valence-corrected chi connectivity index (χ3v) is 3.60. The summed E-state index contributed by atoms with van der Waals surface area (Å²) in [5.74, 6) is -0.394. The summed E-state index contributed by atoms with van der Waals surface area (Å²) in [5.41, 5.74) is 8.05. The predicted molar refractivity (Wildman–Crippen MR) is 83.1 cm³/mol. The van der Waals surface area contributed by atoms with Gasteiger partial charge in [-0.15, -0.1) is 0 Å². The van der Waals surface area contributed by atoms with Gasteiger partial charge >= 0.3 is 0 Å². The van der Waals surface area contributed by atoms with E-state index in [-0.39, 0.29) is 6.61 Å². The molecule has 106 valence electrons. The largest absolute Gasteiger partial charge is 0.397 e. The zero-order chi connectivity index (χ0) is 14.5. The van der Waals surface area contributed by atoms with Crippen LogP contribution in [-0.2, 0) is 6.54 Å². The molecule has 0 aromatic heterocycles. The summed E-state index contributed by atoms with van der Waals surface area (Å²) < 4.78 is 13.8. The number of anilines is 2. The molecular weight excluding hydrogens is 323 g/mol. The number of aliphatic hydroxyl groups excluding tert-OH is 1. The van der Waals surface area contributed by atoms with Gasteiger partial charge in [0.05, 0.1) is 22.5 Å². The fraction of sp³-hybridized carbons (Fsp3) is 0.200. The minimum Gasteiger partial charge on any atom is -0.397 e. The van der Waals surface area contributed by atoms with Crippen LogP contribution in [0.4, 0.5) is 15.8 Å². The number of rotatable bonds is 5. The molecule has 0 atom stereocenters. The van der Waals surface area contributed by atoms with E-state index in [9.17, 15) is 9.50 Å². The maximum atomic E-state index is 13.4. The third kappa shape index (κ3) is 3.49. The van der Waals surface area contributed by atoms with Gasteiger partial charge in [-0.2, -0.15) is 0 Å². The molecule has 0 amide bonds. The molecule has 0 saturated heterocycles. The molecule has 2 aromatic carbocycles. The number of nitrogens with zero attached hydrogens (tertiary/aromatic N) is 1. The van der Waals surface area contributed by atoms with E-state index in [4.69, 9.17) is 5.73 Å². The molecule has 0 aliphatic carbocycles. The summed E-state index contributed by atoms with van der Waals surface area (Å²) in [4.78, 5) is 1.93. The first-order valence-corrected chi connectivity index (χ1v) is 7.05. The van der Waals surface area contributed by atoms with Gasteiger partial charge in [-0.3, -0.25) is 0 Å². The Morgan fingerprint density at radius 2 is 1.90 bits per heavy atom. The molecule has 5 heteroatoms. The van der Waals surface area contributed by atoms with Crippen LogP contribution < -0.4 is 10.6 Å². The van der Waals surface area contributed by atoms with Crippen molar-refractivity contribution in [2.75, 3.05) is 23.8 Å². The van der Waals surface area contributed by atoms with Crippen LogP contribution in [0.25, 0.3) is 0 Å². The van der Waals surface area contributed by atoms with Gasteiger partial charge in [0.15, 0.2) is 0 Å². The third-order valence-electron chi connectivity index (χ3n) is 3.00. The Morgan fingerprint density at radius 3 is 2.55 bits per heavy atom. The number of hydrogen-bond donors (Lipinski definition) is 2. The standard InChI is InChI=1S/C15H16BrFN2O/c16-12-8-15(14(18)9-13(12)17)19(6-7-20)10-11-4-2-1-3-5-11/h1-5,8-9,20H,6-7,10,18H2. The van der Waals surface area contributed by atoms with Crippen molar-refractivity contribution < 1.29 is 9.50 Å². The minimum atomic E-state index is -0.394. The number of benzene rings is 2. The van der Waals surface area contributed by atoms with Crippen molar-refractivity contribution in [3.8, 4) is 0 Å². The van der Waals surface area contributed by atoms with Gasteiger partial charge in [-0.05, 0) is 27.6 Å². The van der Waals surface area contributed by atoms with E-state index in [0.29, 0.717) is 28.9 Å². The topological polar surface area (TPSA) is 49.5 Å². The minimum absolute atomic E-state index is 0.00126. The molecule has 0 saturated carbocycles. The number of hydrogen-bond acceptors (Lipinski definition) is 3. The number of halogens is 2. The van der Waals surface area contributed by atoms with E-state index in [2.05, 4.69) is 15.9 Å². The molecule has 20 heavy (non-hydrogen) atoms. The second-order valence-corrected chi connectivity index (χ2v) is 5.31. The van der Waals surface area contributed by atoms with Gasteiger partial charge in [0, 0.05) is 19.2 Å². The van der Waals surface area contributed by atoms with Crippen LogP contribution in [0.15, 0.2) is 46.9 Å². The first-order chi connectivity index (χ1) is 9.61. The van der Waals surface area contributed by atoms with E-state index >= 15 is 0 Å². The van der Waals surface area contributed by atoms with Crippen molar-refractivity contribution >= 4 is 27.3 Å². The van der Waals surface area contributed by atoms with Crippen molar-refractivity contribution in [1.29, 1.82) is 0 Å². The lowest BCUT2D eigenvalue weighted by Gasteiger charge is -2.26. The Hall–Kier alpha value is -1.59. The van der Waals surface area contributed by atoms with Gasteiger partial charge in [-0.25, -0.2) is 4.39 Å². The van der Waals surface area contributed by atoms with Crippen LogP contribution in [0.1, 0.15) is 5.56 Å². The van der Waals surface area contributed by atoms with Gasteiger partial charge < -0.3 is 15.7 Å². The first-order valence-electron chi connectivity index (χ1n) is 6.26. The van der Waals surface area contributed by atoms with Crippen molar-refractivity contribution in [2.24, 2.45) is 0 Å². The lowest BCUT2D eigenvalue weighted by molar-refractivity contribution is 0.301. The molecule has 0 unspecified atom stereocenters. The molecule has 0 spiro atoms. The molecule has 0 heterocycles. The van der Waals surface area contributed by atoms with Crippen LogP contribution in [0.2, 0.25) is 0 Å². The van der Waals surface area contributed by atoms with E-state index in [0.717, 1.165) is 5.56 Å². The van der Waals surface area contributed by atoms with Crippen molar-refractivity contribution in [2.45, 2.75) is 6.54 Å². The van der Waals surface area contributed by atoms with Crippen LogP contribution in [0.3, 0.4) is 0 Å². The number of nitrogens with two attached hydrogens (primary N) is 1. The molecule has 0 aliphatic heterocycles. The van der Waals surface area contributed by atoms with Gasteiger partial charge in [0.1, 0.15) is 5.82 Å². The molecule has 3 nitrogen and oxygen atoms in total.